The number of rotatable bonds is 5. The summed E-state index contributed by atoms with van der Waals surface area (Å²) in [4.78, 5) is 6.71. The molecule has 3 heteroatoms. The van der Waals surface area contributed by atoms with Gasteiger partial charge in [-0.2, -0.15) is 0 Å². The Morgan fingerprint density at radius 1 is 1.42 bits per heavy atom. The molecule has 0 aromatic carbocycles. The summed E-state index contributed by atoms with van der Waals surface area (Å²) in [6.45, 7) is 6.65. The number of hydrogen-bond acceptors (Lipinski definition) is 3. The van der Waals surface area contributed by atoms with Gasteiger partial charge in [-0.3, -0.25) is 9.88 Å². The van der Waals surface area contributed by atoms with Crippen LogP contribution in [-0.2, 0) is 6.54 Å². The Bertz CT molecular complexity index is 366. The highest BCUT2D eigenvalue weighted by Gasteiger charge is 2.30. The third-order valence-electron chi connectivity index (χ3n) is 4.27. The van der Waals surface area contributed by atoms with E-state index in [-0.39, 0.29) is 0 Å². The van der Waals surface area contributed by atoms with Crippen LogP contribution in [0.15, 0.2) is 24.5 Å². The Labute approximate surface area is 117 Å². The van der Waals surface area contributed by atoms with Gasteiger partial charge in [-0.15, -0.1) is 0 Å². The molecular formula is C16H27N3. The van der Waals surface area contributed by atoms with E-state index in [0.29, 0.717) is 12.1 Å². The number of nitrogens with one attached hydrogen (secondary N) is 1. The smallest absolute Gasteiger partial charge is 0.0312 e. The third-order valence-corrected chi connectivity index (χ3v) is 4.27. The predicted molar refractivity (Wildman–Crippen MR) is 80.0 cm³/mol. The van der Waals surface area contributed by atoms with Crippen LogP contribution in [0.25, 0.3) is 0 Å². The molecule has 3 nitrogen and oxygen atoms in total. The van der Waals surface area contributed by atoms with Gasteiger partial charge < -0.3 is 5.32 Å². The molecule has 1 N–H and O–H groups in total. The molecule has 0 bridgehead atoms. The van der Waals surface area contributed by atoms with Gasteiger partial charge >= 0.3 is 0 Å². The number of likely N-dealkylation sites (N-methyl/N-ethyl adjacent to an activating group) is 2. The van der Waals surface area contributed by atoms with Crippen LogP contribution in [0.2, 0.25) is 0 Å². The van der Waals surface area contributed by atoms with Crippen molar-refractivity contribution in [2.24, 2.45) is 5.92 Å². The number of hydrogen-bond donors (Lipinski definition) is 1. The monoisotopic (exact) mass is 261 g/mol. The summed E-state index contributed by atoms with van der Waals surface area (Å²) in [5, 5.41) is 3.66. The average Bonchev–Trinajstić information content (AvgIpc) is 2.42. The van der Waals surface area contributed by atoms with E-state index in [4.69, 9.17) is 0 Å². The van der Waals surface area contributed by atoms with Gasteiger partial charge in [0.05, 0.1) is 0 Å². The maximum Gasteiger partial charge on any atom is 0.0312 e. The maximum atomic E-state index is 4.21. The molecule has 2 rings (SSSR count). The molecule has 0 spiro atoms. The van der Waals surface area contributed by atoms with E-state index in [1.807, 2.05) is 18.5 Å². The molecule has 1 fully saturated rings. The van der Waals surface area contributed by atoms with Gasteiger partial charge in [0.2, 0.25) is 0 Å². The molecule has 3 unspecified atom stereocenters. The largest absolute Gasteiger partial charge is 0.313 e. The second kappa shape index (κ2) is 7.01. The molecule has 0 amide bonds. The Hall–Kier alpha value is -0.930. The molecule has 1 aromatic heterocycles. The summed E-state index contributed by atoms with van der Waals surface area (Å²) in [5.41, 5.74) is 1.30. The summed E-state index contributed by atoms with van der Waals surface area (Å²) in [6, 6.07) is 5.47. The molecular weight excluding hydrogens is 234 g/mol. The highest BCUT2D eigenvalue weighted by molar-refractivity contribution is 5.08. The molecule has 0 saturated heterocycles. The van der Waals surface area contributed by atoms with Gasteiger partial charge in [-0.1, -0.05) is 19.9 Å². The normalized spacial score (nSPS) is 27.7. The minimum atomic E-state index is 0.642. The van der Waals surface area contributed by atoms with Crippen molar-refractivity contribution in [3.05, 3.63) is 30.1 Å². The first-order valence-electron chi connectivity index (χ1n) is 7.53. The minimum absolute atomic E-state index is 0.642. The van der Waals surface area contributed by atoms with E-state index in [9.17, 15) is 0 Å². The van der Waals surface area contributed by atoms with Crippen molar-refractivity contribution in [2.45, 2.75) is 51.7 Å². The van der Waals surface area contributed by atoms with Crippen LogP contribution in [0, 0.1) is 5.92 Å². The van der Waals surface area contributed by atoms with Gasteiger partial charge in [0, 0.05) is 31.0 Å². The van der Waals surface area contributed by atoms with E-state index < -0.39 is 0 Å². The van der Waals surface area contributed by atoms with E-state index in [1.54, 1.807) is 0 Å². The Kier molecular flexibility index (Phi) is 5.34. The van der Waals surface area contributed by atoms with Crippen molar-refractivity contribution in [3.8, 4) is 0 Å². The Balaban J connectivity index is 1.99. The fraction of sp³-hybridized carbons (Fsp3) is 0.688. The van der Waals surface area contributed by atoms with Gasteiger partial charge in [0.25, 0.3) is 0 Å². The van der Waals surface area contributed by atoms with Crippen LogP contribution in [-0.4, -0.2) is 35.6 Å². The van der Waals surface area contributed by atoms with Gasteiger partial charge in [-0.25, -0.2) is 0 Å². The lowest BCUT2D eigenvalue weighted by molar-refractivity contribution is 0.120. The van der Waals surface area contributed by atoms with Crippen LogP contribution in [0.3, 0.4) is 0 Å². The van der Waals surface area contributed by atoms with E-state index in [0.717, 1.165) is 19.0 Å². The van der Waals surface area contributed by atoms with Crippen molar-refractivity contribution < 1.29 is 0 Å². The van der Waals surface area contributed by atoms with Gasteiger partial charge in [-0.05, 0) is 50.4 Å². The summed E-state index contributed by atoms with van der Waals surface area (Å²) >= 11 is 0. The molecule has 1 saturated carbocycles. The van der Waals surface area contributed by atoms with Crippen molar-refractivity contribution in [1.82, 2.24) is 15.2 Å². The highest BCUT2D eigenvalue weighted by Crippen LogP contribution is 2.28. The molecule has 1 heterocycles. The first-order valence-corrected chi connectivity index (χ1v) is 7.53. The van der Waals surface area contributed by atoms with Crippen molar-refractivity contribution in [2.75, 3.05) is 13.6 Å². The number of pyridine rings is 1. The lowest BCUT2D eigenvalue weighted by Crippen LogP contribution is -2.51. The van der Waals surface area contributed by atoms with Crippen LogP contribution >= 0.6 is 0 Å². The van der Waals surface area contributed by atoms with E-state index in [1.165, 1.54) is 24.8 Å². The van der Waals surface area contributed by atoms with Crippen LogP contribution in [0.4, 0.5) is 0 Å². The zero-order valence-electron chi connectivity index (χ0n) is 12.5. The molecule has 1 aliphatic carbocycles. The first kappa shape index (κ1) is 14.5. The lowest BCUT2D eigenvalue weighted by Gasteiger charge is -2.41. The molecule has 3 atom stereocenters. The van der Waals surface area contributed by atoms with Crippen molar-refractivity contribution in [3.63, 3.8) is 0 Å². The standard InChI is InChI=1S/C16H27N3/c1-4-18-15-8-7-13(2)10-16(15)19(3)12-14-6-5-9-17-11-14/h5-6,9,11,13,15-16,18H,4,7-8,10,12H2,1-3H3. The molecule has 1 aromatic rings. The van der Waals surface area contributed by atoms with Gasteiger partial charge in [0.15, 0.2) is 0 Å². The second-order valence-corrected chi connectivity index (χ2v) is 5.93. The fourth-order valence-electron chi connectivity index (χ4n) is 3.24. The molecule has 0 radical (unpaired) electrons. The van der Waals surface area contributed by atoms with E-state index >= 15 is 0 Å². The van der Waals surface area contributed by atoms with E-state index in [2.05, 4.69) is 42.2 Å². The summed E-state index contributed by atoms with van der Waals surface area (Å²) in [6.07, 6.45) is 7.78. The summed E-state index contributed by atoms with van der Waals surface area (Å²) < 4.78 is 0. The van der Waals surface area contributed by atoms with Crippen LogP contribution in [0.1, 0.15) is 38.7 Å². The molecule has 1 aliphatic rings. The maximum absolute atomic E-state index is 4.21. The van der Waals surface area contributed by atoms with Crippen LogP contribution in [0.5, 0.6) is 0 Å². The van der Waals surface area contributed by atoms with Gasteiger partial charge in [0.1, 0.15) is 0 Å². The van der Waals surface area contributed by atoms with Crippen molar-refractivity contribution in [1.29, 1.82) is 0 Å². The number of aromatic nitrogens is 1. The average molecular weight is 261 g/mol. The molecule has 0 aliphatic heterocycles. The SMILES string of the molecule is CCNC1CCC(C)CC1N(C)Cc1cccnc1. The second-order valence-electron chi connectivity index (χ2n) is 5.93. The molecule has 19 heavy (non-hydrogen) atoms. The summed E-state index contributed by atoms with van der Waals surface area (Å²) in [7, 11) is 2.25. The fourth-order valence-corrected chi connectivity index (χ4v) is 3.24. The zero-order valence-corrected chi connectivity index (χ0v) is 12.5. The lowest BCUT2D eigenvalue weighted by atomic mass is 9.82. The summed E-state index contributed by atoms with van der Waals surface area (Å²) in [5.74, 6) is 0.844. The predicted octanol–water partition coefficient (Wildman–Crippen LogP) is 2.68. The van der Waals surface area contributed by atoms with Crippen molar-refractivity contribution >= 4 is 0 Å². The topological polar surface area (TPSA) is 28.2 Å². The van der Waals surface area contributed by atoms with Crippen LogP contribution < -0.4 is 5.32 Å². The Morgan fingerprint density at radius 2 is 2.26 bits per heavy atom. The highest BCUT2D eigenvalue weighted by atomic mass is 15.2. The number of nitrogens with zero attached hydrogens (tertiary/aromatic N) is 2. The molecule has 106 valence electrons. The zero-order chi connectivity index (χ0) is 13.7. The minimum Gasteiger partial charge on any atom is -0.313 e. The first-order chi connectivity index (χ1) is 9.20. The Morgan fingerprint density at radius 3 is 2.95 bits per heavy atom. The quantitative estimate of drug-likeness (QED) is 0.883. The third kappa shape index (κ3) is 4.02.